The van der Waals surface area contributed by atoms with Gasteiger partial charge < -0.3 is 15.5 Å². The van der Waals surface area contributed by atoms with E-state index in [4.69, 9.17) is 4.74 Å². The molecule has 2 heterocycles. The van der Waals surface area contributed by atoms with Crippen molar-refractivity contribution in [3.63, 3.8) is 0 Å². The molecule has 0 unspecified atom stereocenters. The minimum absolute atomic E-state index is 0.104. The van der Waals surface area contributed by atoms with Crippen LogP contribution in [0, 0.1) is 6.92 Å². The van der Waals surface area contributed by atoms with Gasteiger partial charge in [0, 0.05) is 11.3 Å². The molecule has 0 bridgehead atoms. The first-order valence-corrected chi connectivity index (χ1v) is 11.5. The van der Waals surface area contributed by atoms with Gasteiger partial charge in [0.2, 0.25) is 11.1 Å². The number of aryl methyl sites for hydroxylation is 1. The minimum Gasteiger partial charge on any atom is -0.497 e. The molecule has 4 aromatic rings. The van der Waals surface area contributed by atoms with Crippen molar-refractivity contribution in [2.45, 2.75) is 23.4 Å². The van der Waals surface area contributed by atoms with Crippen molar-refractivity contribution in [2.24, 2.45) is 0 Å². The highest BCUT2D eigenvalue weighted by atomic mass is 32.2. The van der Waals surface area contributed by atoms with E-state index in [0.717, 1.165) is 28.1 Å². The Morgan fingerprint density at radius 2 is 1.73 bits per heavy atom. The number of fused-ring (bicyclic) bond motifs is 1. The Kier molecular flexibility index (Phi) is 5.75. The van der Waals surface area contributed by atoms with Crippen LogP contribution in [-0.2, 0) is 4.79 Å². The molecule has 0 saturated carbocycles. The van der Waals surface area contributed by atoms with E-state index in [0.29, 0.717) is 11.0 Å². The second-order valence-electron chi connectivity index (χ2n) is 7.78. The molecule has 0 radical (unpaired) electrons. The maximum absolute atomic E-state index is 13.4. The van der Waals surface area contributed by atoms with E-state index in [2.05, 4.69) is 20.9 Å². The van der Waals surface area contributed by atoms with Gasteiger partial charge in [-0.2, -0.15) is 0 Å². The fourth-order valence-electron chi connectivity index (χ4n) is 3.74. The predicted octanol–water partition coefficient (Wildman–Crippen LogP) is 4.66. The number of carbonyl (C=O) groups excluding carboxylic acids is 1. The monoisotopic (exact) mass is 457 g/mol. The van der Waals surface area contributed by atoms with Gasteiger partial charge >= 0.3 is 0 Å². The van der Waals surface area contributed by atoms with Crippen molar-refractivity contribution in [3.05, 3.63) is 90.0 Å². The van der Waals surface area contributed by atoms with Crippen LogP contribution in [0.2, 0.25) is 0 Å². The highest BCUT2D eigenvalue weighted by Crippen LogP contribution is 2.39. The largest absolute Gasteiger partial charge is 0.497 e. The third-order valence-electron chi connectivity index (χ3n) is 5.52. The number of thioether (sulfide) groups is 1. The Morgan fingerprint density at radius 1 is 1.00 bits per heavy atom. The Labute approximate surface area is 196 Å². The number of amides is 1. The molecule has 1 aliphatic rings. The lowest BCUT2D eigenvalue weighted by Crippen LogP contribution is -2.41. The number of hydrogen-bond acceptors (Lipinski definition) is 6. The average molecular weight is 458 g/mol. The van der Waals surface area contributed by atoms with Crippen LogP contribution in [0.4, 0.5) is 5.69 Å². The summed E-state index contributed by atoms with van der Waals surface area (Å²) in [6, 6.07) is 25.1. The van der Waals surface area contributed by atoms with E-state index in [1.54, 1.807) is 7.11 Å². The predicted molar refractivity (Wildman–Crippen MR) is 130 cm³/mol. The minimum atomic E-state index is -0.458. The molecule has 2 N–H and O–H groups in total. The average Bonchev–Trinajstić information content (AvgIpc) is 3.28. The topological polar surface area (TPSA) is 81.1 Å². The van der Waals surface area contributed by atoms with Gasteiger partial charge in [0.05, 0.1) is 13.2 Å². The zero-order chi connectivity index (χ0) is 22.8. The second kappa shape index (κ2) is 8.99. The Morgan fingerprint density at radius 3 is 2.42 bits per heavy atom. The summed E-state index contributed by atoms with van der Waals surface area (Å²) < 4.78 is 7.18. The summed E-state index contributed by atoms with van der Waals surface area (Å²) >= 11 is 1.40. The van der Waals surface area contributed by atoms with Gasteiger partial charge in [0.15, 0.2) is 5.82 Å². The zero-order valence-electron chi connectivity index (χ0n) is 18.2. The van der Waals surface area contributed by atoms with E-state index >= 15 is 0 Å². The molecule has 0 aliphatic carbocycles. The van der Waals surface area contributed by atoms with E-state index < -0.39 is 5.25 Å². The molecule has 33 heavy (non-hydrogen) atoms. The van der Waals surface area contributed by atoms with Crippen LogP contribution in [0.3, 0.4) is 0 Å². The highest BCUT2D eigenvalue weighted by molar-refractivity contribution is 8.00. The van der Waals surface area contributed by atoms with Crippen molar-refractivity contribution >= 4 is 23.4 Å². The van der Waals surface area contributed by atoms with Crippen LogP contribution in [-0.4, -0.2) is 33.1 Å². The first-order valence-electron chi connectivity index (χ1n) is 10.6. The number of rotatable bonds is 5. The van der Waals surface area contributed by atoms with Crippen molar-refractivity contribution in [3.8, 4) is 17.1 Å². The molecule has 5 rings (SSSR count). The van der Waals surface area contributed by atoms with Gasteiger partial charge in [-0.15, -0.1) is 10.2 Å². The molecule has 1 aromatic heterocycles. The van der Waals surface area contributed by atoms with E-state index in [1.165, 1.54) is 11.8 Å². The fourth-order valence-corrected chi connectivity index (χ4v) is 4.82. The summed E-state index contributed by atoms with van der Waals surface area (Å²) in [6.07, 6.45) is 0. The van der Waals surface area contributed by atoms with Crippen molar-refractivity contribution in [1.82, 2.24) is 14.9 Å². The molecule has 1 aliphatic heterocycles. The number of aromatic nitrogens is 3. The molecule has 2 atom stereocenters. The SMILES string of the molecule is COc1ccc([C@@H]2Nn3c(nnc3-c3ccccc3)S[C@@H]2C(=O)Nc2ccc(C)cc2)cc1. The molecule has 0 spiro atoms. The van der Waals surface area contributed by atoms with Gasteiger partial charge in [0.1, 0.15) is 11.0 Å². The van der Waals surface area contributed by atoms with Crippen LogP contribution >= 0.6 is 11.8 Å². The summed E-state index contributed by atoms with van der Waals surface area (Å²) in [4.78, 5) is 13.4. The Bertz CT molecular complexity index is 1260. The van der Waals surface area contributed by atoms with Gasteiger partial charge in [0.25, 0.3) is 0 Å². The van der Waals surface area contributed by atoms with Gasteiger partial charge in [-0.05, 0) is 36.8 Å². The van der Waals surface area contributed by atoms with E-state index in [9.17, 15) is 4.79 Å². The van der Waals surface area contributed by atoms with Crippen molar-refractivity contribution in [1.29, 1.82) is 0 Å². The fraction of sp³-hybridized carbons (Fsp3) is 0.160. The standard InChI is InChI=1S/C25H23N5O2S/c1-16-8-12-19(13-9-16)26-24(31)22-21(17-10-14-20(32-2)15-11-17)29-30-23(27-28-25(30)33-22)18-6-4-3-5-7-18/h3-15,21-22,29H,1-2H3,(H,26,31)/t21-,22-/m0/s1. The van der Waals surface area contributed by atoms with Crippen molar-refractivity contribution in [2.75, 3.05) is 17.9 Å². The number of hydrogen-bond donors (Lipinski definition) is 2. The number of carbonyl (C=O) groups is 1. The summed E-state index contributed by atoms with van der Waals surface area (Å²) in [7, 11) is 1.64. The molecule has 0 fully saturated rings. The van der Waals surface area contributed by atoms with Crippen LogP contribution in [0.25, 0.3) is 11.4 Å². The molecule has 8 heteroatoms. The van der Waals surface area contributed by atoms with Crippen LogP contribution in [0.5, 0.6) is 5.75 Å². The number of nitrogens with one attached hydrogen (secondary N) is 2. The first-order chi connectivity index (χ1) is 16.1. The van der Waals surface area contributed by atoms with E-state index in [1.807, 2.05) is 90.5 Å². The smallest absolute Gasteiger partial charge is 0.240 e. The number of anilines is 1. The van der Waals surface area contributed by atoms with Crippen LogP contribution < -0.4 is 15.5 Å². The summed E-state index contributed by atoms with van der Waals surface area (Å²) in [5.41, 5.74) is 7.30. The maximum Gasteiger partial charge on any atom is 0.240 e. The molecular formula is C25H23N5O2S. The second-order valence-corrected chi connectivity index (χ2v) is 8.89. The zero-order valence-corrected chi connectivity index (χ0v) is 19.0. The molecular weight excluding hydrogens is 434 g/mol. The normalized spacial score (nSPS) is 17.0. The summed E-state index contributed by atoms with van der Waals surface area (Å²) in [6.45, 7) is 2.02. The van der Waals surface area contributed by atoms with Gasteiger partial charge in [-0.25, -0.2) is 4.68 Å². The first kappa shape index (κ1) is 21.1. The summed E-state index contributed by atoms with van der Waals surface area (Å²) in [5, 5.41) is 12.0. The quantitative estimate of drug-likeness (QED) is 0.454. The third kappa shape index (κ3) is 4.29. The van der Waals surface area contributed by atoms with Crippen LogP contribution in [0.1, 0.15) is 17.2 Å². The molecule has 7 nitrogen and oxygen atoms in total. The molecule has 0 saturated heterocycles. The Hall–Kier alpha value is -3.78. The maximum atomic E-state index is 13.4. The Balaban J connectivity index is 1.50. The lowest BCUT2D eigenvalue weighted by molar-refractivity contribution is -0.116. The van der Waals surface area contributed by atoms with Gasteiger partial charge in [-0.3, -0.25) is 4.79 Å². The lowest BCUT2D eigenvalue weighted by atomic mass is 10.0. The molecule has 1 amide bonds. The lowest BCUT2D eigenvalue weighted by Gasteiger charge is -2.33. The van der Waals surface area contributed by atoms with Crippen LogP contribution in [0.15, 0.2) is 84.0 Å². The van der Waals surface area contributed by atoms with Crippen molar-refractivity contribution < 1.29 is 9.53 Å². The number of methoxy groups -OCH3 is 1. The molecule has 166 valence electrons. The number of benzene rings is 3. The summed E-state index contributed by atoms with van der Waals surface area (Å²) in [5.74, 6) is 1.36. The van der Waals surface area contributed by atoms with E-state index in [-0.39, 0.29) is 11.9 Å². The number of nitrogens with zero attached hydrogens (tertiary/aromatic N) is 3. The molecule has 3 aromatic carbocycles. The third-order valence-corrected chi connectivity index (χ3v) is 6.74. The highest BCUT2D eigenvalue weighted by Gasteiger charge is 2.38. The van der Waals surface area contributed by atoms with Gasteiger partial charge in [-0.1, -0.05) is 71.9 Å². The number of ether oxygens (including phenoxy) is 1.